The molecule has 0 radical (unpaired) electrons. The Balaban J connectivity index is 1.72. The largest absolute Gasteiger partial charge is 0.460 e. The minimum atomic E-state index is -0.447. The molecule has 0 saturated carbocycles. The summed E-state index contributed by atoms with van der Waals surface area (Å²) in [7, 11) is 0. The van der Waals surface area contributed by atoms with E-state index in [-0.39, 0.29) is 11.4 Å². The summed E-state index contributed by atoms with van der Waals surface area (Å²) in [4.78, 5) is 26.3. The number of nitrogens with zero attached hydrogens (tertiary/aromatic N) is 3. The number of aliphatic imine (C=N–C) groups is 1. The van der Waals surface area contributed by atoms with Gasteiger partial charge in [-0.2, -0.15) is 0 Å². The van der Waals surface area contributed by atoms with Gasteiger partial charge in [-0.1, -0.05) is 25.6 Å². The molecule has 3 N–H and O–H groups in total. The van der Waals surface area contributed by atoms with Gasteiger partial charge in [0.25, 0.3) is 0 Å². The number of allylic oxidation sites excluding steroid dienone is 2. The fourth-order valence-electron chi connectivity index (χ4n) is 3.33. The van der Waals surface area contributed by atoms with E-state index in [1.54, 1.807) is 11.8 Å². The number of aromatic nitrogens is 2. The highest BCUT2D eigenvalue weighted by atomic mass is 32.2. The normalized spacial score (nSPS) is 19.7. The van der Waals surface area contributed by atoms with E-state index in [0.717, 1.165) is 39.9 Å². The van der Waals surface area contributed by atoms with Gasteiger partial charge in [-0.25, -0.2) is 9.97 Å². The summed E-state index contributed by atoms with van der Waals surface area (Å²) in [6.45, 7) is 10.7. The molecule has 0 unspecified atom stereocenters. The van der Waals surface area contributed by atoms with Gasteiger partial charge in [0.1, 0.15) is 22.6 Å². The summed E-state index contributed by atoms with van der Waals surface area (Å²) in [6, 6.07) is 0. The van der Waals surface area contributed by atoms with Crippen molar-refractivity contribution in [3.05, 3.63) is 16.9 Å². The number of fused-ring (bicyclic) bond motifs is 1. The van der Waals surface area contributed by atoms with E-state index in [2.05, 4.69) is 29.1 Å². The predicted octanol–water partition coefficient (Wildman–Crippen LogP) is 4.17. The van der Waals surface area contributed by atoms with Crippen LogP contribution in [-0.4, -0.2) is 33.8 Å². The topological polar surface area (TPSA) is 102 Å². The highest BCUT2D eigenvalue weighted by Crippen LogP contribution is 2.48. The van der Waals surface area contributed by atoms with Crippen molar-refractivity contribution in [2.45, 2.75) is 70.9 Å². The molecule has 1 aliphatic carbocycles. The van der Waals surface area contributed by atoms with E-state index in [1.165, 1.54) is 6.33 Å². The third kappa shape index (κ3) is 5.04. The van der Waals surface area contributed by atoms with E-state index in [9.17, 15) is 4.79 Å². The van der Waals surface area contributed by atoms with Crippen molar-refractivity contribution in [3.63, 3.8) is 0 Å². The number of hydrogen-bond acceptors (Lipinski definition) is 8. The van der Waals surface area contributed by atoms with Gasteiger partial charge in [-0.15, -0.1) is 0 Å². The molecule has 0 atom stereocenters. The number of nitrogens with one attached hydrogen (secondary N) is 1. The Hall–Kier alpha value is -2.09. The molecule has 0 aromatic carbocycles. The molecule has 0 bridgehead atoms. The van der Waals surface area contributed by atoms with Gasteiger partial charge < -0.3 is 15.8 Å². The van der Waals surface area contributed by atoms with Crippen LogP contribution in [0.15, 0.2) is 26.9 Å². The SMILES string of the molecule is CC1(C)CC(=NCCCC(=O)OC(C)(C)C)C2=C(C1)Nc1c(N)ncnc1S2. The van der Waals surface area contributed by atoms with E-state index in [0.29, 0.717) is 25.2 Å². The van der Waals surface area contributed by atoms with Crippen molar-refractivity contribution in [3.8, 4) is 0 Å². The summed E-state index contributed by atoms with van der Waals surface area (Å²) in [5.74, 6) is 0.287. The molecule has 2 heterocycles. The Morgan fingerprint density at radius 2 is 2.11 bits per heavy atom. The number of esters is 1. The molecule has 0 amide bonds. The fourth-order valence-corrected chi connectivity index (χ4v) is 4.38. The van der Waals surface area contributed by atoms with Crippen LogP contribution in [0, 0.1) is 5.41 Å². The van der Waals surface area contributed by atoms with Crippen molar-refractivity contribution in [1.82, 2.24) is 9.97 Å². The number of nitrogens with two attached hydrogens (primary N) is 1. The maximum Gasteiger partial charge on any atom is 0.306 e. The summed E-state index contributed by atoms with van der Waals surface area (Å²) < 4.78 is 5.36. The van der Waals surface area contributed by atoms with Crippen molar-refractivity contribution >= 4 is 34.9 Å². The summed E-state index contributed by atoms with van der Waals surface area (Å²) in [6.07, 6.45) is 4.34. The number of carbonyl (C=O) groups is 1. The zero-order chi connectivity index (χ0) is 20.5. The first kappa shape index (κ1) is 20.6. The van der Waals surface area contributed by atoms with Gasteiger partial charge >= 0.3 is 5.97 Å². The monoisotopic (exact) mass is 403 g/mol. The number of hydrogen-bond donors (Lipinski definition) is 2. The lowest BCUT2D eigenvalue weighted by Gasteiger charge is -2.36. The zero-order valence-electron chi connectivity index (χ0n) is 17.3. The number of ether oxygens (including phenoxy) is 1. The molecule has 0 spiro atoms. The molecule has 7 nitrogen and oxygen atoms in total. The Morgan fingerprint density at radius 3 is 2.82 bits per heavy atom. The second kappa shape index (κ2) is 7.73. The van der Waals surface area contributed by atoms with Crippen LogP contribution in [0.25, 0.3) is 0 Å². The first-order valence-electron chi connectivity index (χ1n) is 9.58. The second-order valence-corrected chi connectivity index (χ2v) is 10.0. The van der Waals surface area contributed by atoms with Crippen LogP contribution in [0.2, 0.25) is 0 Å². The number of thioether (sulfide) groups is 1. The van der Waals surface area contributed by atoms with Crippen molar-refractivity contribution < 1.29 is 9.53 Å². The van der Waals surface area contributed by atoms with E-state index >= 15 is 0 Å². The standard InChI is InChI=1S/C20H29N5O2S/c1-19(2,3)27-14(26)7-6-8-22-12-9-20(4,5)10-13-16(12)28-18-15(25-13)17(21)23-11-24-18/h11,25H,6-10H2,1-5H3,(H2,21,23,24). The first-order valence-corrected chi connectivity index (χ1v) is 10.4. The van der Waals surface area contributed by atoms with Gasteiger partial charge in [0.05, 0.1) is 10.6 Å². The van der Waals surface area contributed by atoms with Gasteiger partial charge in [0.15, 0.2) is 5.82 Å². The van der Waals surface area contributed by atoms with Crippen LogP contribution in [-0.2, 0) is 9.53 Å². The lowest BCUT2D eigenvalue weighted by atomic mass is 9.78. The molecule has 0 saturated heterocycles. The maximum atomic E-state index is 11.9. The number of anilines is 2. The Morgan fingerprint density at radius 1 is 1.36 bits per heavy atom. The molecule has 8 heteroatoms. The lowest BCUT2D eigenvalue weighted by molar-refractivity contribution is -0.154. The van der Waals surface area contributed by atoms with E-state index in [4.69, 9.17) is 15.5 Å². The van der Waals surface area contributed by atoms with Gasteiger partial charge in [-0.3, -0.25) is 9.79 Å². The average molecular weight is 404 g/mol. The van der Waals surface area contributed by atoms with Crippen LogP contribution >= 0.6 is 11.8 Å². The molecule has 0 fully saturated rings. The molecular formula is C20H29N5O2S. The van der Waals surface area contributed by atoms with Crippen LogP contribution in [0.4, 0.5) is 11.5 Å². The molecule has 28 heavy (non-hydrogen) atoms. The average Bonchev–Trinajstić information content (AvgIpc) is 2.55. The van der Waals surface area contributed by atoms with Gasteiger partial charge in [0, 0.05) is 18.7 Å². The highest BCUT2D eigenvalue weighted by Gasteiger charge is 2.35. The molecular weight excluding hydrogens is 374 g/mol. The van der Waals surface area contributed by atoms with Crippen LogP contribution in [0.5, 0.6) is 0 Å². The predicted molar refractivity (Wildman–Crippen MR) is 113 cm³/mol. The maximum absolute atomic E-state index is 11.9. The molecule has 1 aliphatic heterocycles. The lowest BCUT2D eigenvalue weighted by Crippen LogP contribution is -2.30. The zero-order valence-corrected chi connectivity index (χ0v) is 18.1. The van der Waals surface area contributed by atoms with Crippen molar-refractivity contribution in [2.75, 3.05) is 17.6 Å². The third-order valence-electron chi connectivity index (χ3n) is 4.42. The molecule has 1 aromatic heterocycles. The van der Waals surface area contributed by atoms with Crippen LogP contribution in [0.1, 0.15) is 60.3 Å². The highest BCUT2D eigenvalue weighted by molar-refractivity contribution is 8.04. The quantitative estimate of drug-likeness (QED) is 0.442. The van der Waals surface area contributed by atoms with Crippen molar-refractivity contribution in [1.29, 1.82) is 0 Å². The van der Waals surface area contributed by atoms with Crippen molar-refractivity contribution in [2.24, 2.45) is 10.4 Å². The van der Waals surface area contributed by atoms with E-state index in [1.807, 2.05) is 20.8 Å². The van der Waals surface area contributed by atoms with E-state index < -0.39 is 5.60 Å². The van der Waals surface area contributed by atoms with Crippen LogP contribution in [0.3, 0.4) is 0 Å². The number of rotatable bonds is 4. The number of carbonyl (C=O) groups excluding carboxylic acids is 1. The minimum absolute atomic E-state index is 0.0955. The summed E-state index contributed by atoms with van der Waals surface area (Å²) in [5.41, 5.74) is 8.64. The Labute approximate surface area is 170 Å². The fraction of sp³-hybridized carbons (Fsp3) is 0.600. The van der Waals surface area contributed by atoms with Gasteiger partial charge in [-0.05, 0) is 45.4 Å². The molecule has 3 rings (SSSR count). The smallest absolute Gasteiger partial charge is 0.306 e. The molecule has 1 aromatic rings. The Kier molecular flexibility index (Phi) is 5.70. The first-order chi connectivity index (χ1) is 13.0. The number of nitrogen functional groups attached to an aromatic ring is 1. The summed E-state index contributed by atoms with van der Waals surface area (Å²) in [5, 5.41) is 4.27. The molecule has 152 valence electrons. The second-order valence-electron chi connectivity index (χ2n) is 9.01. The summed E-state index contributed by atoms with van der Waals surface area (Å²) >= 11 is 1.60. The van der Waals surface area contributed by atoms with Crippen LogP contribution < -0.4 is 11.1 Å². The minimum Gasteiger partial charge on any atom is -0.460 e. The third-order valence-corrected chi connectivity index (χ3v) is 5.60. The Bertz CT molecular complexity index is 839. The molecule has 2 aliphatic rings. The van der Waals surface area contributed by atoms with Gasteiger partial charge in [0.2, 0.25) is 0 Å².